The highest BCUT2D eigenvalue weighted by Crippen LogP contribution is 2.17. The van der Waals surface area contributed by atoms with Gasteiger partial charge in [-0.15, -0.1) is 0 Å². The number of hydrogen-bond donors (Lipinski definition) is 1. The van der Waals surface area contributed by atoms with Crippen LogP contribution in [0.3, 0.4) is 0 Å². The smallest absolute Gasteiger partial charge is 0.166 e. The van der Waals surface area contributed by atoms with Gasteiger partial charge in [-0.1, -0.05) is 23.7 Å². The molecule has 0 saturated heterocycles. The van der Waals surface area contributed by atoms with Gasteiger partial charge in [0.05, 0.1) is 5.02 Å². The molecule has 100 valence electrons. The van der Waals surface area contributed by atoms with Gasteiger partial charge in [0.1, 0.15) is 5.82 Å². The number of pyridine rings is 1. The maximum absolute atomic E-state index is 13.5. The summed E-state index contributed by atoms with van der Waals surface area (Å²) in [6, 6.07) is 7.40. The minimum Gasteiger partial charge on any atom is -0.365 e. The summed E-state index contributed by atoms with van der Waals surface area (Å²) >= 11 is 5.63. The van der Waals surface area contributed by atoms with Crippen LogP contribution >= 0.6 is 11.6 Å². The first-order valence-electron chi connectivity index (χ1n) is 5.86. The predicted molar refractivity (Wildman–Crippen MR) is 72.4 cm³/mol. The lowest BCUT2D eigenvalue weighted by Gasteiger charge is -2.15. The molecule has 0 saturated carbocycles. The Hall–Kier alpha value is -1.68. The molecule has 0 aliphatic heterocycles. The summed E-state index contributed by atoms with van der Waals surface area (Å²) in [5.41, 5.74) is 0.968. The van der Waals surface area contributed by atoms with Crippen molar-refractivity contribution in [1.29, 1.82) is 0 Å². The third kappa shape index (κ3) is 3.89. The molecule has 1 aromatic carbocycles. The molecule has 19 heavy (non-hydrogen) atoms. The van der Waals surface area contributed by atoms with Crippen LogP contribution in [0.1, 0.15) is 12.5 Å². The third-order valence-electron chi connectivity index (χ3n) is 2.65. The van der Waals surface area contributed by atoms with Crippen molar-refractivity contribution in [2.75, 3.05) is 5.32 Å². The normalized spacial score (nSPS) is 12.2. The maximum atomic E-state index is 13.5. The van der Waals surface area contributed by atoms with E-state index in [2.05, 4.69) is 10.3 Å². The lowest BCUT2D eigenvalue weighted by Crippen LogP contribution is -2.19. The average molecular weight is 283 g/mol. The van der Waals surface area contributed by atoms with Gasteiger partial charge in [0, 0.05) is 12.2 Å². The lowest BCUT2D eigenvalue weighted by molar-refractivity contribution is 0.618. The minimum atomic E-state index is -0.488. The van der Waals surface area contributed by atoms with E-state index < -0.39 is 5.82 Å². The third-order valence-corrected chi connectivity index (χ3v) is 2.85. The zero-order valence-electron chi connectivity index (χ0n) is 10.3. The molecular formula is C14H13ClF2N2. The second-order valence-corrected chi connectivity index (χ2v) is 4.80. The first-order valence-corrected chi connectivity index (χ1v) is 6.24. The molecule has 0 bridgehead atoms. The number of benzene rings is 1. The van der Waals surface area contributed by atoms with Gasteiger partial charge in [-0.05, 0) is 37.1 Å². The van der Waals surface area contributed by atoms with E-state index in [9.17, 15) is 8.78 Å². The highest BCUT2D eigenvalue weighted by molar-refractivity contribution is 6.30. The highest BCUT2D eigenvalue weighted by Gasteiger charge is 2.09. The van der Waals surface area contributed by atoms with Crippen LogP contribution in [0.5, 0.6) is 0 Å². The van der Waals surface area contributed by atoms with Crippen molar-refractivity contribution in [1.82, 2.24) is 4.98 Å². The quantitative estimate of drug-likeness (QED) is 0.915. The number of aromatic nitrogens is 1. The van der Waals surface area contributed by atoms with E-state index in [-0.39, 0.29) is 22.7 Å². The van der Waals surface area contributed by atoms with Crippen molar-refractivity contribution in [2.45, 2.75) is 19.4 Å². The molecule has 2 nitrogen and oxygen atoms in total. The Kier molecular flexibility index (Phi) is 4.32. The first-order chi connectivity index (χ1) is 9.04. The predicted octanol–water partition coefficient (Wildman–Crippen LogP) is 4.06. The fourth-order valence-electron chi connectivity index (χ4n) is 1.78. The minimum absolute atomic E-state index is 0.0337. The molecule has 5 heteroatoms. The molecule has 1 atom stereocenters. The van der Waals surface area contributed by atoms with Crippen LogP contribution in [0.2, 0.25) is 5.02 Å². The fraction of sp³-hybridized carbons (Fsp3) is 0.214. The molecule has 1 unspecified atom stereocenters. The highest BCUT2D eigenvalue weighted by atomic mass is 35.5. The molecule has 0 amide bonds. The zero-order chi connectivity index (χ0) is 13.8. The van der Waals surface area contributed by atoms with E-state index in [0.29, 0.717) is 6.42 Å². The van der Waals surface area contributed by atoms with Gasteiger partial charge in [0.2, 0.25) is 0 Å². The Labute approximate surface area is 115 Å². The van der Waals surface area contributed by atoms with Crippen molar-refractivity contribution in [3.05, 3.63) is 58.7 Å². The van der Waals surface area contributed by atoms with Crippen molar-refractivity contribution >= 4 is 17.4 Å². The monoisotopic (exact) mass is 282 g/mol. The molecule has 0 aliphatic rings. The second-order valence-electron chi connectivity index (χ2n) is 4.36. The Morgan fingerprint density at radius 1 is 1.26 bits per heavy atom. The van der Waals surface area contributed by atoms with Crippen LogP contribution in [-0.2, 0) is 6.42 Å². The second kappa shape index (κ2) is 5.97. The van der Waals surface area contributed by atoms with Crippen LogP contribution < -0.4 is 5.32 Å². The van der Waals surface area contributed by atoms with E-state index in [1.807, 2.05) is 6.92 Å². The fourth-order valence-corrected chi connectivity index (χ4v) is 1.92. The molecule has 0 spiro atoms. The largest absolute Gasteiger partial charge is 0.365 e. The summed E-state index contributed by atoms with van der Waals surface area (Å²) in [6.45, 7) is 1.90. The summed E-state index contributed by atoms with van der Waals surface area (Å²) < 4.78 is 26.3. The Morgan fingerprint density at radius 3 is 2.58 bits per heavy atom. The molecule has 1 N–H and O–H groups in total. The molecular weight excluding hydrogens is 270 g/mol. The molecule has 2 rings (SSSR count). The summed E-state index contributed by atoms with van der Waals surface area (Å²) in [6.07, 6.45) is 2.03. The average Bonchev–Trinajstić information content (AvgIpc) is 2.36. The topological polar surface area (TPSA) is 24.9 Å². The first kappa shape index (κ1) is 13.7. The van der Waals surface area contributed by atoms with Gasteiger partial charge in [-0.2, -0.15) is 0 Å². The number of halogens is 3. The Bertz CT molecular complexity index is 558. The molecule has 2 aromatic rings. The molecule has 0 radical (unpaired) electrons. The zero-order valence-corrected chi connectivity index (χ0v) is 11.1. The Morgan fingerprint density at radius 2 is 1.95 bits per heavy atom. The standard InChI is InChI=1S/C14H13ClF2N2/c1-9(6-10-2-4-12(16)5-3-10)19-14-13(17)7-11(15)8-18-14/h2-5,7-9H,6H2,1H3,(H,18,19). The summed E-state index contributed by atoms with van der Waals surface area (Å²) in [5.74, 6) is -0.591. The molecule has 0 fully saturated rings. The summed E-state index contributed by atoms with van der Waals surface area (Å²) in [7, 11) is 0. The van der Waals surface area contributed by atoms with Crippen LogP contribution in [-0.4, -0.2) is 11.0 Å². The maximum Gasteiger partial charge on any atom is 0.166 e. The van der Waals surface area contributed by atoms with E-state index in [1.165, 1.54) is 24.4 Å². The SMILES string of the molecule is CC(Cc1ccc(F)cc1)Nc1ncc(Cl)cc1F. The number of hydrogen-bond acceptors (Lipinski definition) is 2. The van der Waals surface area contributed by atoms with E-state index in [1.54, 1.807) is 12.1 Å². The van der Waals surface area contributed by atoms with Gasteiger partial charge in [-0.25, -0.2) is 13.8 Å². The molecule has 1 heterocycles. The van der Waals surface area contributed by atoms with Crippen molar-refractivity contribution < 1.29 is 8.78 Å². The van der Waals surface area contributed by atoms with Crippen LogP contribution in [0.15, 0.2) is 36.5 Å². The van der Waals surface area contributed by atoms with Gasteiger partial charge in [0.25, 0.3) is 0 Å². The van der Waals surface area contributed by atoms with Gasteiger partial charge < -0.3 is 5.32 Å². The molecule has 0 aliphatic carbocycles. The number of nitrogens with one attached hydrogen (secondary N) is 1. The van der Waals surface area contributed by atoms with Crippen molar-refractivity contribution in [2.24, 2.45) is 0 Å². The van der Waals surface area contributed by atoms with Crippen LogP contribution in [0.25, 0.3) is 0 Å². The number of nitrogens with zero attached hydrogens (tertiary/aromatic N) is 1. The Balaban J connectivity index is 2.01. The number of anilines is 1. The van der Waals surface area contributed by atoms with Crippen LogP contribution in [0, 0.1) is 11.6 Å². The van der Waals surface area contributed by atoms with Gasteiger partial charge >= 0.3 is 0 Å². The van der Waals surface area contributed by atoms with Gasteiger partial charge in [0.15, 0.2) is 11.6 Å². The van der Waals surface area contributed by atoms with E-state index in [4.69, 9.17) is 11.6 Å². The van der Waals surface area contributed by atoms with Crippen molar-refractivity contribution in [3.8, 4) is 0 Å². The van der Waals surface area contributed by atoms with Gasteiger partial charge in [-0.3, -0.25) is 0 Å². The van der Waals surface area contributed by atoms with E-state index >= 15 is 0 Å². The van der Waals surface area contributed by atoms with E-state index in [0.717, 1.165) is 5.56 Å². The van der Waals surface area contributed by atoms with Crippen molar-refractivity contribution in [3.63, 3.8) is 0 Å². The van der Waals surface area contributed by atoms with Crippen LogP contribution in [0.4, 0.5) is 14.6 Å². The lowest BCUT2D eigenvalue weighted by atomic mass is 10.1. The number of rotatable bonds is 4. The molecule has 1 aromatic heterocycles. The summed E-state index contributed by atoms with van der Waals surface area (Å²) in [5, 5.41) is 3.22. The summed E-state index contributed by atoms with van der Waals surface area (Å²) in [4.78, 5) is 3.90.